The molecule has 9 heteroatoms. The number of azide groups is 1. The van der Waals surface area contributed by atoms with Crippen LogP contribution in [0.25, 0.3) is 10.4 Å². The molecule has 2 saturated carbocycles. The van der Waals surface area contributed by atoms with E-state index in [0.717, 1.165) is 69.8 Å². The van der Waals surface area contributed by atoms with Crippen molar-refractivity contribution in [2.75, 3.05) is 13.2 Å². The van der Waals surface area contributed by atoms with Crippen molar-refractivity contribution in [2.24, 2.45) is 21.9 Å². The molecule has 35 heavy (non-hydrogen) atoms. The molecule has 4 aliphatic rings. The number of rotatable bonds is 10. The van der Waals surface area contributed by atoms with Crippen LogP contribution in [0.1, 0.15) is 96.3 Å². The highest BCUT2D eigenvalue weighted by Gasteiger charge is 2.56. The Morgan fingerprint density at radius 1 is 1.11 bits per heavy atom. The summed E-state index contributed by atoms with van der Waals surface area (Å²) < 4.78 is 12.4. The van der Waals surface area contributed by atoms with Crippen LogP contribution in [0.15, 0.2) is 21.4 Å². The Morgan fingerprint density at radius 2 is 1.86 bits per heavy atom. The Morgan fingerprint density at radius 3 is 2.54 bits per heavy atom. The molecule has 2 fully saturated rings. The van der Waals surface area contributed by atoms with E-state index in [0.29, 0.717) is 49.8 Å². The first-order chi connectivity index (χ1) is 17.1. The second kappa shape index (κ2) is 12.2. The van der Waals surface area contributed by atoms with Gasteiger partial charge >= 0.3 is 5.97 Å². The monoisotopic (exact) mass is 488 g/mol. The third kappa shape index (κ3) is 6.01. The van der Waals surface area contributed by atoms with Gasteiger partial charge in [0.05, 0.1) is 6.10 Å². The third-order valence-electron chi connectivity index (χ3n) is 8.32. The summed E-state index contributed by atoms with van der Waals surface area (Å²) in [4.78, 5) is 21.0. The molecule has 0 radical (unpaired) electrons. The number of ether oxygens (including phenoxy) is 2. The van der Waals surface area contributed by atoms with E-state index >= 15 is 0 Å². The predicted octanol–water partition coefficient (Wildman–Crippen LogP) is 5.67. The molecule has 3 aliphatic carbocycles. The lowest BCUT2D eigenvalue weighted by Crippen LogP contribution is -2.49. The zero-order valence-electron chi connectivity index (χ0n) is 20.7. The average molecular weight is 489 g/mol. The Hall–Kier alpha value is -2.09. The topological polar surface area (TPSA) is 137 Å². The van der Waals surface area contributed by atoms with E-state index in [4.69, 9.17) is 25.1 Å². The van der Waals surface area contributed by atoms with Crippen molar-refractivity contribution < 1.29 is 24.5 Å². The number of allylic oxidation sites excluding steroid dienone is 1. The van der Waals surface area contributed by atoms with E-state index in [1.807, 2.05) is 0 Å². The Balaban J connectivity index is 1.60. The largest absolute Gasteiger partial charge is 0.479 e. The van der Waals surface area contributed by atoms with Gasteiger partial charge in [0.1, 0.15) is 0 Å². The highest BCUT2D eigenvalue weighted by atomic mass is 16.5. The van der Waals surface area contributed by atoms with Crippen LogP contribution in [0.3, 0.4) is 0 Å². The lowest BCUT2D eigenvalue weighted by atomic mass is 9.74. The molecule has 0 spiro atoms. The molecule has 2 N–H and O–H groups in total. The van der Waals surface area contributed by atoms with Crippen molar-refractivity contribution in [3.05, 3.63) is 21.7 Å². The SMILES string of the molecule is [N-]=[N+]=NC1=C([C@@H]2OC(C3CCC(OCCCO)CC3)=N[C@]2(CC2CCCCC2)C(=O)O)CCCC1. The van der Waals surface area contributed by atoms with Gasteiger partial charge in [-0.3, -0.25) is 0 Å². The van der Waals surface area contributed by atoms with Gasteiger partial charge in [-0.1, -0.05) is 37.2 Å². The van der Waals surface area contributed by atoms with Crippen LogP contribution >= 0.6 is 0 Å². The zero-order chi connectivity index (χ0) is 24.7. The second-order valence-electron chi connectivity index (χ2n) is 10.7. The molecule has 4 rings (SSSR count). The van der Waals surface area contributed by atoms with E-state index in [-0.39, 0.29) is 18.6 Å². The minimum atomic E-state index is -1.35. The number of carboxylic acid groups (broad SMARTS) is 1. The first kappa shape index (κ1) is 26.0. The van der Waals surface area contributed by atoms with E-state index in [1.165, 1.54) is 6.42 Å². The summed E-state index contributed by atoms with van der Waals surface area (Å²) in [7, 11) is 0. The summed E-state index contributed by atoms with van der Waals surface area (Å²) in [6.07, 6.45) is 12.8. The minimum Gasteiger partial charge on any atom is -0.479 e. The van der Waals surface area contributed by atoms with Crippen LogP contribution in [0.5, 0.6) is 0 Å². The van der Waals surface area contributed by atoms with Crippen molar-refractivity contribution >= 4 is 11.9 Å². The third-order valence-corrected chi connectivity index (χ3v) is 8.32. The summed E-state index contributed by atoms with van der Waals surface area (Å²) in [5, 5.41) is 23.6. The molecule has 0 saturated heterocycles. The van der Waals surface area contributed by atoms with Gasteiger partial charge in [0, 0.05) is 29.7 Å². The predicted molar refractivity (Wildman–Crippen MR) is 132 cm³/mol. The number of aliphatic hydroxyl groups excluding tert-OH is 1. The quantitative estimate of drug-likeness (QED) is 0.176. The molecular formula is C26H40N4O5. The smallest absolute Gasteiger partial charge is 0.336 e. The number of carboxylic acids is 1. The molecule has 0 unspecified atom stereocenters. The normalized spacial score (nSPS) is 32.0. The Kier molecular flexibility index (Phi) is 9.09. The maximum Gasteiger partial charge on any atom is 0.336 e. The fraction of sp³-hybridized carbons (Fsp3) is 0.846. The molecule has 0 aromatic rings. The molecule has 194 valence electrons. The molecule has 2 atom stereocenters. The Bertz CT molecular complexity index is 854. The van der Waals surface area contributed by atoms with Gasteiger partial charge in [0.2, 0.25) is 5.54 Å². The summed E-state index contributed by atoms with van der Waals surface area (Å²) in [6, 6.07) is 0. The van der Waals surface area contributed by atoms with Gasteiger partial charge in [0.25, 0.3) is 0 Å². The van der Waals surface area contributed by atoms with Crippen LogP contribution in [0.2, 0.25) is 0 Å². The van der Waals surface area contributed by atoms with Crippen LogP contribution in [-0.2, 0) is 14.3 Å². The van der Waals surface area contributed by atoms with Crippen molar-refractivity contribution in [1.29, 1.82) is 0 Å². The number of hydrogen-bond acceptors (Lipinski definition) is 6. The summed E-state index contributed by atoms with van der Waals surface area (Å²) in [5.41, 5.74) is 9.29. The van der Waals surface area contributed by atoms with Gasteiger partial charge in [-0.25, -0.2) is 9.79 Å². The van der Waals surface area contributed by atoms with Crippen LogP contribution in [0, 0.1) is 11.8 Å². The molecule has 0 aromatic carbocycles. The highest BCUT2D eigenvalue weighted by Crippen LogP contribution is 2.46. The fourth-order valence-corrected chi connectivity index (χ4v) is 6.43. The van der Waals surface area contributed by atoms with Gasteiger partial charge in [-0.2, -0.15) is 0 Å². The minimum absolute atomic E-state index is 0.0786. The van der Waals surface area contributed by atoms with E-state index < -0.39 is 17.6 Å². The first-order valence-electron chi connectivity index (χ1n) is 13.6. The number of aliphatic imine (C=N–C) groups is 1. The fourth-order valence-electron chi connectivity index (χ4n) is 6.43. The maximum atomic E-state index is 13.0. The molecule has 0 amide bonds. The Labute approximate surface area is 207 Å². The van der Waals surface area contributed by atoms with Gasteiger partial charge in [-0.05, 0) is 81.2 Å². The zero-order valence-corrected chi connectivity index (χ0v) is 20.7. The van der Waals surface area contributed by atoms with Crippen LogP contribution < -0.4 is 0 Å². The van der Waals surface area contributed by atoms with Gasteiger partial charge < -0.3 is 19.7 Å². The standard InChI is InChI=1S/C26H40N4O5/c27-30-29-22-10-5-4-9-21(22)23-26(25(32)33,17-18-7-2-1-3-8-18)28-24(35-23)19-11-13-20(14-12-19)34-16-6-15-31/h18-20,23,31H,1-17H2,(H,32,33)/t19?,20?,23-,26-/m0/s1. The summed E-state index contributed by atoms with van der Waals surface area (Å²) in [6.45, 7) is 0.693. The van der Waals surface area contributed by atoms with Gasteiger partial charge in [-0.15, -0.1) is 0 Å². The molecule has 9 nitrogen and oxygen atoms in total. The number of hydrogen-bond donors (Lipinski definition) is 2. The first-order valence-corrected chi connectivity index (χ1v) is 13.6. The lowest BCUT2D eigenvalue weighted by molar-refractivity contribution is -0.146. The van der Waals surface area contributed by atoms with Gasteiger partial charge in [0.15, 0.2) is 12.0 Å². The summed E-state index contributed by atoms with van der Waals surface area (Å²) >= 11 is 0. The van der Waals surface area contributed by atoms with E-state index in [9.17, 15) is 9.90 Å². The molecule has 1 heterocycles. The molecular weight excluding hydrogens is 448 g/mol. The molecule has 0 aromatic heterocycles. The van der Waals surface area contributed by atoms with Crippen LogP contribution in [0.4, 0.5) is 0 Å². The summed E-state index contributed by atoms with van der Waals surface area (Å²) in [5.74, 6) is 0.0366. The highest BCUT2D eigenvalue weighted by molar-refractivity contribution is 5.91. The number of nitrogens with zero attached hydrogens (tertiary/aromatic N) is 4. The number of aliphatic carboxylic acids is 1. The van der Waals surface area contributed by atoms with E-state index in [2.05, 4.69) is 10.0 Å². The number of carbonyl (C=O) groups is 1. The molecule has 0 bridgehead atoms. The van der Waals surface area contributed by atoms with Crippen molar-refractivity contribution in [3.8, 4) is 0 Å². The lowest BCUT2D eigenvalue weighted by Gasteiger charge is -2.35. The number of aliphatic hydroxyl groups is 1. The second-order valence-corrected chi connectivity index (χ2v) is 10.7. The van der Waals surface area contributed by atoms with Crippen molar-refractivity contribution in [2.45, 2.75) is 114 Å². The van der Waals surface area contributed by atoms with Crippen LogP contribution in [-0.4, -0.2) is 53.0 Å². The molecule has 1 aliphatic heterocycles. The van der Waals surface area contributed by atoms with E-state index in [1.54, 1.807) is 0 Å². The maximum absolute atomic E-state index is 13.0. The van der Waals surface area contributed by atoms with Crippen molar-refractivity contribution in [3.63, 3.8) is 0 Å². The average Bonchev–Trinajstić information content (AvgIpc) is 3.26. The van der Waals surface area contributed by atoms with Crippen molar-refractivity contribution in [1.82, 2.24) is 0 Å².